The number of aromatic amines is 2. The number of piperidine rings is 1. The Morgan fingerprint density at radius 2 is 1.97 bits per heavy atom. The Morgan fingerprint density at radius 1 is 1.17 bits per heavy atom. The summed E-state index contributed by atoms with van der Waals surface area (Å²) in [5, 5.41) is 8.84. The molecule has 2 aliphatic heterocycles. The van der Waals surface area contributed by atoms with E-state index in [1.807, 2.05) is 6.20 Å². The predicted octanol–water partition coefficient (Wildman–Crippen LogP) is 3.77. The minimum Gasteiger partial charge on any atom is -0.353 e. The van der Waals surface area contributed by atoms with Crippen LogP contribution >= 0.6 is 0 Å². The van der Waals surface area contributed by atoms with Crippen molar-refractivity contribution in [2.24, 2.45) is 0 Å². The first kappa shape index (κ1) is 18.2. The van der Waals surface area contributed by atoms with E-state index in [0.717, 1.165) is 73.3 Å². The summed E-state index contributed by atoms with van der Waals surface area (Å²) in [6.45, 7) is 6.26. The van der Waals surface area contributed by atoms with Gasteiger partial charge in [0.15, 0.2) is 0 Å². The van der Waals surface area contributed by atoms with Gasteiger partial charge in [-0.25, -0.2) is 0 Å². The molecule has 0 unspecified atom stereocenters. The van der Waals surface area contributed by atoms with E-state index >= 15 is 0 Å². The molecule has 1 saturated heterocycles. The third kappa shape index (κ3) is 2.40. The van der Waals surface area contributed by atoms with Crippen molar-refractivity contribution < 1.29 is 4.79 Å². The summed E-state index contributed by atoms with van der Waals surface area (Å²) in [5.41, 5.74) is 7.75. The lowest BCUT2D eigenvalue weighted by atomic mass is 9.85. The number of hydrogen-bond donors (Lipinski definition) is 2. The summed E-state index contributed by atoms with van der Waals surface area (Å²) in [4.78, 5) is 21.7. The van der Waals surface area contributed by atoms with Crippen molar-refractivity contribution >= 4 is 22.5 Å². The molecule has 6 rings (SSSR count). The first-order valence-corrected chi connectivity index (χ1v) is 11.2. The van der Waals surface area contributed by atoms with Crippen molar-refractivity contribution in [1.29, 1.82) is 0 Å². The molecule has 1 aromatic carbocycles. The molecular formula is C24H29N5O. The molecule has 6 nitrogen and oxygen atoms in total. The number of nitrogens with zero attached hydrogens (tertiary/aromatic N) is 3. The number of benzene rings is 1. The van der Waals surface area contributed by atoms with E-state index in [0.29, 0.717) is 6.04 Å². The van der Waals surface area contributed by atoms with E-state index in [-0.39, 0.29) is 5.91 Å². The summed E-state index contributed by atoms with van der Waals surface area (Å²) in [6.07, 6.45) is 7.31. The smallest absolute Gasteiger partial charge is 0.237 e. The van der Waals surface area contributed by atoms with Crippen LogP contribution in [-0.4, -0.2) is 52.2 Å². The molecule has 4 heterocycles. The molecule has 1 fully saturated rings. The van der Waals surface area contributed by atoms with Gasteiger partial charge in [-0.1, -0.05) is 0 Å². The number of likely N-dealkylation sites (tertiary alicyclic amines) is 1. The van der Waals surface area contributed by atoms with Crippen LogP contribution in [0.2, 0.25) is 0 Å². The maximum Gasteiger partial charge on any atom is 0.237 e. The second-order valence-electron chi connectivity index (χ2n) is 9.84. The zero-order chi connectivity index (χ0) is 20.6. The zero-order valence-corrected chi connectivity index (χ0v) is 18.0. The fourth-order valence-corrected chi connectivity index (χ4v) is 5.77. The van der Waals surface area contributed by atoms with Crippen molar-refractivity contribution in [1.82, 2.24) is 20.1 Å². The lowest BCUT2D eigenvalue weighted by Gasteiger charge is -2.36. The molecule has 2 N–H and O–H groups in total. The molecule has 3 aromatic rings. The fraction of sp³-hybridized carbons (Fsp3) is 0.500. The minimum atomic E-state index is -0.493. The molecule has 1 amide bonds. The average Bonchev–Trinajstić information content (AvgIpc) is 3.34. The van der Waals surface area contributed by atoms with E-state index in [1.165, 1.54) is 16.5 Å². The van der Waals surface area contributed by atoms with E-state index in [2.05, 4.69) is 58.0 Å². The van der Waals surface area contributed by atoms with Gasteiger partial charge in [0.1, 0.15) is 5.69 Å². The average molecular weight is 404 g/mol. The third-order valence-electron chi connectivity index (χ3n) is 7.59. The fourth-order valence-electron chi connectivity index (χ4n) is 5.77. The minimum absolute atomic E-state index is 0.250. The normalized spacial score (nSPS) is 21.6. The van der Waals surface area contributed by atoms with Crippen LogP contribution in [-0.2, 0) is 23.1 Å². The number of fused-ring (bicyclic) bond motifs is 6. The SMILES string of the molecule is CN1CCC(N2C(=O)C(C)(C)c3cc4[nH]c5c(c4cc32)CCCc2c[nH]nc2-5)CC1. The van der Waals surface area contributed by atoms with Gasteiger partial charge in [0.05, 0.1) is 11.1 Å². The van der Waals surface area contributed by atoms with Crippen molar-refractivity contribution in [2.45, 2.75) is 57.4 Å². The molecule has 6 heteroatoms. The lowest BCUT2D eigenvalue weighted by molar-refractivity contribution is -0.122. The van der Waals surface area contributed by atoms with Crippen molar-refractivity contribution in [3.05, 3.63) is 35.0 Å². The van der Waals surface area contributed by atoms with Crippen molar-refractivity contribution in [3.63, 3.8) is 0 Å². The molecule has 0 bridgehead atoms. The molecule has 0 atom stereocenters. The van der Waals surface area contributed by atoms with Crippen LogP contribution in [0.25, 0.3) is 22.3 Å². The molecule has 30 heavy (non-hydrogen) atoms. The Kier molecular flexibility index (Phi) is 3.76. The molecule has 156 valence electrons. The van der Waals surface area contributed by atoms with Gasteiger partial charge < -0.3 is 14.8 Å². The quantitative estimate of drug-likeness (QED) is 0.650. The number of amides is 1. The van der Waals surface area contributed by atoms with Crippen LogP contribution in [0.3, 0.4) is 0 Å². The summed E-state index contributed by atoms with van der Waals surface area (Å²) < 4.78 is 0. The maximum absolute atomic E-state index is 13.5. The van der Waals surface area contributed by atoms with Crippen molar-refractivity contribution in [3.8, 4) is 11.4 Å². The largest absolute Gasteiger partial charge is 0.353 e. The highest BCUT2D eigenvalue weighted by molar-refractivity contribution is 6.11. The molecule has 3 aliphatic rings. The number of H-pyrrole nitrogens is 2. The summed E-state index contributed by atoms with van der Waals surface area (Å²) in [6, 6.07) is 4.82. The molecular weight excluding hydrogens is 374 g/mol. The highest BCUT2D eigenvalue weighted by Crippen LogP contribution is 2.47. The molecule has 1 aliphatic carbocycles. The summed E-state index contributed by atoms with van der Waals surface area (Å²) in [7, 11) is 2.17. The molecule has 0 saturated carbocycles. The van der Waals surface area contributed by atoms with E-state index in [9.17, 15) is 4.79 Å². The Hall–Kier alpha value is -2.60. The standard InChI is InChI=1S/C24H29N5O/c1-24(2)18-12-19-17(16-6-4-5-14-13-25-27-21(14)22(16)26-19)11-20(18)29(23(24)30)15-7-9-28(3)10-8-15/h11-13,15,26H,4-10H2,1-3H3,(H,25,27). The van der Waals surface area contributed by atoms with Gasteiger partial charge in [0, 0.05) is 28.8 Å². The topological polar surface area (TPSA) is 68.0 Å². The van der Waals surface area contributed by atoms with E-state index in [1.54, 1.807) is 0 Å². The van der Waals surface area contributed by atoms with E-state index < -0.39 is 5.41 Å². The van der Waals surface area contributed by atoms with Gasteiger partial charge in [-0.3, -0.25) is 9.89 Å². The third-order valence-corrected chi connectivity index (χ3v) is 7.59. The van der Waals surface area contributed by atoms with Crippen LogP contribution in [0.15, 0.2) is 18.3 Å². The monoisotopic (exact) mass is 403 g/mol. The number of aryl methyl sites for hydroxylation is 2. The summed E-state index contributed by atoms with van der Waals surface area (Å²) in [5.74, 6) is 0.250. The number of carbonyl (C=O) groups is 1. The number of nitrogens with one attached hydrogen (secondary N) is 2. The predicted molar refractivity (Wildman–Crippen MR) is 119 cm³/mol. The Bertz CT molecular complexity index is 1160. The molecule has 0 spiro atoms. The molecule has 2 aromatic heterocycles. The highest BCUT2D eigenvalue weighted by atomic mass is 16.2. The second kappa shape index (κ2) is 6.20. The Morgan fingerprint density at radius 3 is 2.77 bits per heavy atom. The first-order chi connectivity index (χ1) is 14.4. The van der Waals surface area contributed by atoms with Crippen LogP contribution in [0.4, 0.5) is 5.69 Å². The lowest BCUT2D eigenvalue weighted by Crippen LogP contribution is -2.47. The van der Waals surface area contributed by atoms with Crippen LogP contribution in [0.5, 0.6) is 0 Å². The van der Waals surface area contributed by atoms with Gasteiger partial charge in [0.2, 0.25) is 5.91 Å². The van der Waals surface area contributed by atoms with E-state index in [4.69, 9.17) is 0 Å². The van der Waals surface area contributed by atoms with Crippen LogP contribution in [0.1, 0.15) is 49.8 Å². The number of rotatable bonds is 1. The first-order valence-electron chi connectivity index (χ1n) is 11.2. The number of aromatic nitrogens is 3. The highest BCUT2D eigenvalue weighted by Gasteiger charge is 2.47. The number of carbonyl (C=O) groups excluding carboxylic acids is 1. The Labute approximate surface area is 176 Å². The van der Waals surface area contributed by atoms with Gasteiger partial charge in [-0.2, -0.15) is 5.10 Å². The van der Waals surface area contributed by atoms with Gasteiger partial charge >= 0.3 is 0 Å². The molecule has 0 radical (unpaired) electrons. The number of anilines is 1. The maximum atomic E-state index is 13.5. The van der Waals surface area contributed by atoms with Crippen LogP contribution < -0.4 is 4.90 Å². The Balaban J connectivity index is 1.53. The van der Waals surface area contributed by atoms with Crippen LogP contribution in [0, 0.1) is 0 Å². The number of hydrogen-bond acceptors (Lipinski definition) is 3. The second-order valence-corrected chi connectivity index (χ2v) is 9.84. The zero-order valence-electron chi connectivity index (χ0n) is 18.0. The van der Waals surface area contributed by atoms with Gasteiger partial charge in [-0.05, 0) is 94.9 Å². The summed E-state index contributed by atoms with van der Waals surface area (Å²) >= 11 is 0. The van der Waals surface area contributed by atoms with Gasteiger partial charge in [-0.15, -0.1) is 0 Å². The van der Waals surface area contributed by atoms with Gasteiger partial charge in [0.25, 0.3) is 0 Å². The van der Waals surface area contributed by atoms with Crippen molar-refractivity contribution in [2.75, 3.05) is 25.0 Å².